The second-order valence-electron chi connectivity index (χ2n) is 5.34. The van der Waals surface area contributed by atoms with Crippen LogP contribution in [0, 0.1) is 19.8 Å². The summed E-state index contributed by atoms with van der Waals surface area (Å²) in [7, 11) is 0. The number of hydrogen-bond acceptors (Lipinski definition) is 2. The van der Waals surface area contributed by atoms with E-state index in [0.717, 1.165) is 17.4 Å². The van der Waals surface area contributed by atoms with E-state index in [2.05, 4.69) is 25.2 Å². The van der Waals surface area contributed by atoms with Gasteiger partial charge in [0, 0.05) is 17.6 Å². The first-order valence-corrected chi connectivity index (χ1v) is 6.39. The quantitative estimate of drug-likeness (QED) is 0.819. The first-order valence-electron chi connectivity index (χ1n) is 6.39. The number of furan rings is 1. The van der Waals surface area contributed by atoms with Gasteiger partial charge in [-0.15, -0.1) is 0 Å². The summed E-state index contributed by atoms with van der Waals surface area (Å²) in [6.07, 6.45) is 4.19. The molecule has 2 nitrogen and oxygen atoms in total. The van der Waals surface area contributed by atoms with Gasteiger partial charge < -0.3 is 9.73 Å². The summed E-state index contributed by atoms with van der Waals surface area (Å²) in [6.45, 7) is 8.57. The van der Waals surface area contributed by atoms with Gasteiger partial charge >= 0.3 is 0 Å². The smallest absolute Gasteiger partial charge is 0.105 e. The molecule has 16 heavy (non-hydrogen) atoms. The monoisotopic (exact) mass is 221 g/mol. The van der Waals surface area contributed by atoms with E-state index >= 15 is 0 Å². The van der Waals surface area contributed by atoms with Crippen molar-refractivity contribution in [3.63, 3.8) is 0 Å². The molecule has 2 heteroatoms. The van der Waals surface area contributed by atoms with Crippen molar-refractivity contribution in [1.29, 1.82) is 0 Å². The molecule has 1 aromatic heterocycles. The minimum absolute atomic E-state index is 0.395. The third-order valence-electron chi connectivity index (χ3n) is 3.46. The van der Waals surface area contributed by atoms with Crippen LogP contribution in [0.5, 0.6) is 0 Å². The topological polar surface area (TPSA) is 25.2 Å². The zero-order valence-corrected chi connectivity index (χ0v) is 10.8. The van der Waals surface area contributed by atoms with Crippen LogP contribution in [-0.4, -0.2) is 6.04 Å². The first kappa shape index (κ1) is 11.7. The molecular weight excluding hydrogens is 198 g/mol. The fraction of sp³-hybridized carbons (Fsp3) is 0.714. The van der Waals surface area contributed by atoms with E-state index in [9.17, 15) is 0 Å². The van der Waals surface area contributed by atoms with Crippen molar-refractivity contribution >= 4 is 0 Å². The summed E-state index contributed by atoms with van der Waals surface area (Å²) in [6, 6.07) is 3.15. The molecule has 1 fully saturated rings. The molecule has 1 saturated carbocycles. The Labute approximate surface area is 98.4 Å². The van der Waals surface area contributed by atoms with E-state index in [1.54, 1.807) is 0 Å². The molecule has 0 amide bonds. The van der Waals surface area contributed by atoms with Crippen LogP contribution in [0.4, 0.5) is 0 Å². The van der Waals surface area contributed by atoms with Crippen molar-refractivity contribution < 1.29 is 4.42 Å². The molecule has 0 aliphatic heterocycles. The van der Waals surface area contributed by atoms with Gasteiger partial charge in [-0.1, -0.05) is 12.8 Å². The largest absolute Gasteiger partial charge is 0.466 e. The molecule has 2 atom stereocenters. The lowest BCUT2D eigenvalue weighted by atomic mass is 10.1. The highest BCUT2D eigenvalue weighted by Crippen LogP contribution is 2.34. The van der Waals surface area contributed by atoms with E-state index in [4.69, 9.17) is 4.42 Å². The van der Waals surface area contributed by atoms with Gasteiger partial charge in [-0.3, -0.25) is 0 Å². The Morgan fingerprint density at radius 3 is 2.56 bits per heavy atom. The molecule has 1 aliphatic rings. The van der Waals surface area contributed by atoms with Gasteiger partial charge in [-0.25, -0.2) is 0 Å². The highest BCUT2D eigenvalue weighted by Gasteiger charge is 2.24. The Bertz CT molecular complexity index is 352. The van der Waals surface area contributed by atoms with Gasteiger partial charge in [0.15, 0.2) is 0 Å². The molecule has 0 saturated heterocycles. The lowest BCUT2D eigenvalue weighted by molar-refractivity contribution is 0.430. The van der Waals surface area contributed by atoms with Crippen molar-refractivity contribution in [2.75, 3.05) is 0 Å². The number of rotatable bonds is 5. The normalized spacial score (nSPS) is 19.8. The Balaban J connectivity index is 1.90. The summed E-state index contributed by atoms with van der Waals surface area (Å²) in [5, 5.41) is 3.66. The van der Waals surface area contributed by atoms with Gasteiger partial charge in [0.05, 0.1) is 0 Å². The van der Waals surface area contributed by atoms with Crippen LogP contribution in [0.1, 0.15) is 56.2 Å². The summed E-state index contributed by atoms with van der Waals surface area (Å²) >= 11 is 0. The average molecular weight is 221 g/mol. The molecule has 1 aromatic rings. The van der Waals surface area contributed by atoms with E-state index in [1.165, 1.54) is 24.8 Å². The SMILES string of the molecule is Cc1cc(C(C)NC(C)CC2CC2)c(C)o1. The zero-order chi connectivity index (χ0) is 11.7. The number of aryl methyl sites for hydroxylation is 2. The van der Waals surface area contributed by atoms with Crippen molar-refractivity contribution in [2.24, 2.45) is 5.92 Å². The Hall–Kier alpha value is -0.760. The maximum atomic E-state index is 5.57. The van der Waals surface area contributed by atoms with Crippen molar-refractivity contribution in [2.45, 2.75) is 59.0 Å². The minimum atomic E-state index is 0.395. The van der Waals surface area contributed by atoms with Gasteiger partial charge in [0.25, 0.3) is 0 Å². The Morgan fingerprint density at radius 1 is 1.38 bits per heavy atom. The van der Waals surface area contributed by atoms with Gasteiger partial charge in [0.1, 0.15) is 11.5 Å². The summed E-state index contributed by atoms with van der Waals surface area (Å²) in [5.41, 5.74) is 1.31. The van der Waals surface area contributed by atoms with Crippen LogP contribution in [0.15, 0.2) is 10.5 Å². The van der Waals surface area contributed by atoms with Crippen LogP contribution >= 0.6 is 0 Å². The Kier molecular flexibility index (Phi) is 3.38. The number of hydrogen-bond donors (Lipinski definition) is 1. The summed E-state index contributed by atoms with van der Waals surface area (Å²) < 4.78 is 5.57. The van der Waals surface area contributed by atoms with Crippen LogP contribution < -0.4 is 5.32 Å². The molecule has 0 radical (unpaired) electrons. The second-order valence-corrected chi connectivity index (χ2v) is 5.34. The fourth-order valence-electron chi connectivity index (χ4n) is 2.52. The van der Waals surface area contributed by atoms with Crippen LogP contribution in [0.25, 0.3) is 0 Å². The minimum Gasteiger partial charge on any atom is -0.466 e. The van der Waals surface area contributed by atoms with E-state index in [-0.39, 0.29) is 0 Å². The summed E-state index contributed by atoms with van der Waals surface area (Å²) in [4.78, 5) is 0. The number of nitrogens with one attached hydrogen (secondary N) is 1. The molecule has 0 bridgehead atoms. The molecule has 2 unspecified atom stereocenters. The maximum Gasteiger partial charge on any atom is 0.105 e. The molecule has 90 valence electrons. The third-order valence-corrected chi connectivity index (χ3v) is 3.46. The van der Waals surface area contributed by atoms with Gasteiger partial charge in [-0.2, -0.15) is 0 Å². The van der Waals surface area contributed by atoms with Crippen molar-refractivity contribution in [3.8, 4) is 0 Å². The highest BCUT2D eigenvalue weighted by atomic mass is 16.3. The van der Waals surface area contributed by atoms with E-state index < -0.39 is 0 Å². The fourth-order valence-corrected chi connectivity index (χ4v) is 2.52. The van der Waals surface area contributed by atoms with Crippen molar-refractivity contribution in [1.82, 2.24) is 5.32 Å². The summed E-state index contributed by atoms with van der Waals surface area (Å²) in [5.74, 6) is 3.05. The Morgan fingerprint density at radius 2 is 2.06 bits per heavy atom. The van der Waals surface area contributed by atoms with Crippen molar-refractivity contribution in [3.05, 3.63) is 23.2 Å². The molecule has 0 aromatic carbocycles. The molecule has 2 rings (SSSR count). The lowest BCUT2D eigenvalue weighted by Crippen LogP contribution is -2.29. The third kappa shape index (κ3) is 2.88. The van der Waals surface area contributed by atoms with Crippen LogP contribution in [-0.2, 0) is 0 Å². The molecule has 0 spiro atoms. The van der Waals surface area contributed by atoms with Gasteiger partial charge in [0.2, 0.25) is 0 Å². The average Bonchev–Trinajstić information content (AvgIpc) is 2.90. The highest BCUT2D eigenvalue weighted by molar-refractivity contribution is 5.23. The molecule has 1 N–H and O–H groups in total. The zero-order valence-electron chi connectivity index (χ0n) is 10.8. The predicted octanol–water partition coefficient (Wildman–Crippen LogP) is 3.74. The standard InChI is InChI=1S/C14H23NO/c1-9(7-13-5-6-13)15-11(3)14-8-10(2)16-12(14)4/h8-9,11,13,15H,5-7H2,1-4H3. The first-order chi connectivity index (χ1) is 7.56. The van der Waals surface area contributed by atoms with Crippen LogP contribution in [0.3, 0.4) is 0 Å². The molecule has 1 heterocycles. The molecular formula is C14H23NO. The second kappa shape index (κ2) is 4.62. The van der Waals surface area contributed by atoms with E-state index in [0.29, 0.717) is 12.1 Å². The lowest BCUT2D eigenvalue weighted by Gasteiger charge is -2.19. The van der Waals surface area contributed by atoms with Crippen LogP contribution in [0.2, 0.25) is 0 Å². The predicted molar refractivity (Wildman–Crippen MR) is 66.5 cm³/mol. The maximum absolute atomic E-state index is 5.57. The van der Waals surface area contributed by atoms with E-state index in [1.807, 2.05) is 13.8 Å². The van der Waals surface area contributed by atoms with Gasteiger partial charge in [-0.05, 0) is 46.1 Å². The molecule has 1 aliphatic carbocycles.